The van der Waals surface area contributed by atoms with Gasteiger partial charge in [0.05, 0.1) is 0 Å². The second-order valence-electron chi connectivity index (χ2n) is 4.39. The number of rotatable bonds is 6. The van der Waals surface area contributed by atoms with Crippen LogP contribution in [0.1, 0.15) is 26.1 Å². The lowest BCUT2D eigenvalue weighted by atomic mass is 10.4. The normalized spacial score (nSPS) is 10.6. The minimum atomic E-state index is 0.346. The summed E-state index contributed by atoms with van der Waals surface area (Å²) < 4.78 is 0. The van der Waals surface area contributed by atoms with E-state index in [2.05, 4.69) is 32.2 Å². The van der Waals surface area contributed by atoms with Gasteiger partial charge in [0.25, 0.3) is 0 Å². The van der Waals surface area contributed by atoms with Gasteiger partial charge in [-0.05, 0) is 18.2 Å². The third-order valence-corrected chi connectivity index (χ3v) is 3.35. The van der Waals surface area contributed by atoms with Crippen molar-refractivity contribution < 1.29 is 0 Å². The van der Waals surface area contributed by atoms with Crippen molar-refractivity contribution in [2.45, 2.75) is 36.9 Å². The van der Waals surface area contributed by atoms with E-state index in [-0.39, 0.29) is 0 Å². The Morgan fingerprint density at radius 1 is 1.05 bits per heavy atom. The van der Waals surface area contributed by atoms with E-state index >= 15 is 0 Å². The van der Waals surface area contributed by atoms with Crippen molar-refractivity contribution in [3.63, 3.8) is 0 Å². The summed E-state index contributed by atoms with van der Waals surface area (Å²) in [7, 11) is 0. The van der Waals surface area contributed by atoms with Crippen LogP contribution in [0.5, 0.6) is 0 Å². The fourth-order valence-electron chi connectivity index (χ4n) is 1.63. The Bertz CT molecular complexity index is 597. The second-order valence-corrected chi connectivity index (χ2v) is 5.38. The maximum atomic E-state index is 5.68. The molecule has 0 aromatic carbocycles. The van der Waals surface area contributed by atoms with Crippen LogP contribution < -0.4 is 16.8 Å². The molecule has 0 fully saturated rings. The lowest BCUT2D eigenvalue weighted by Crippen LogP contribution is -2.05. The van der Waals surface area contributed by atoms with Crippen LogP contribution in [0.25, 0.3) is 0 Å². The van der Waals surface area contributed by atoms with Gasteiger partial charge in [-0.3, -0.25) is 0 Å². The molecule has 0 aliphatic carbocycles. The van der Waals surface area contributed by atoms with Gasteiger partial charge in [0, 0.05) is 25.1 Å². The fraction of sp³-hybridized carbons (Fsp3) is 0.385. The zero-order valence-electron chi connectivity index (χ0n) is 12.1. The largest absolute Gasteiger partial charge is 0.383 e. The van der Waals surface area contributed by atoms with Crippen LogP contribution in [-0.2, 0) is 6.42 Å². The van der Waals surface area contributed by atoms with Crippen LogP contribution in [0.15, 0.2) is 22.3 Å². The zero-order valence-corrected chi connectivity index (χ0v) is 12.9. The van der Waals surface area contributed by atoms with Crippen molar-refractivity contribution in [1.82, 2.24) is 19.9 Å². The molecule has 0 aliphatic rings. The van der Waals surface area contributed by atoms with Gasteiger partial charge in [0.15, 0.2) is 5.16 Å². The van der Waals surface area contributed by atoms with E-state index in [1.54, 1.807) is 0 Å². The van der Waals surface area contributed by atoms with E-state index < -0.39 is 0 Å². The van der Waals surface area contributed by atoms with Gasteiger partial charge >= 0.3 is 0 Å². The predicted octanol–water partition coefficient (Wildman–Crippen LogP) is 1.97. The highest BCUT2D eigenvalue weighted by molar-refractivity contribution is 7.99. The summed E-state index contributed by atoms with van der Waals surface area (Å²) in [5.41, 5.74) is 11.4. The Hall–Kier alpha value is -2.09. The first kappa shape index (κ1) is 15.3. The third-order valence-electron chi connectivity index (χ3n) is 2.56. The quantitative estimate of drug-likeness (QED) is 0.548. The summed E-state index contributed by atoms with van der Waals surface area (Å²) in [5.74, 6) is 2.27. The van der Waals surface area contributed by atoms with Crippen LogP contribution in [0.4, 0.5) is 17.5 Å². The monoisotopic (exact) mass is 305 g/mol. The minimum Gasteiger partial charge on any atom is -0.383 e. The zero-order chi connectivity index (χ0) is 15.2. The predicted molar refractivity (Wildman–Crippen MR) is 85.2 cm³/mol. The minimum absolute atomic E-state index is 0.346. The van der Waals surface area contributed by atoms with Crippen LogP contribution in [0.3, 0.4) is 0 Å². The molecule has 0 radical (unpaired) electrons. The number of anilines is 3. The lowest BCUT2D eigenvalue weighted by Gasteiger charge is -2.08. The van der Waals surface area contributed by atoms with Crippen molar-refractivity contribution in [2.24, 2.45) is 0 Å². The fourth-order valence-corrected chi connectivity index (χ4v) is 2.44. The van der Waals surface area contributed by atoms with Crippen LogP contribution in [-0.4, -0.2) is 26.5 Å². The van der Waals surface area contributed by atoms with Gasteiger partial charge in [-0.2, -0.15) is 0 Å². The Morgan fingerprint density at radius 3 is 2.38 bits per heavy atom. The molecular weight excluding hydrogens is 286 g/mol. The molecule has 0 spiro atoms. The summed E-state index contributed by atoms with van der Waals surface area (Å²) >= 11 is 1.32. The van der Waals surface area contributed by atoms with E-state index in [9.17, 15) is 0 Å². The number of hydrogen-bond donors (Lipinski definition) is 3. The van der Waals surface area contributed by atoms with Gasteiger partial charge in [-0.1, -0.05) is 13.8 Å². The molecule has 0 saturated carbocycles. The van der Waals surface area contributed by atoms with Crippen LogP contribution >= 0.6 is 11.8 Å². The van der Waals surface area contributed by atoms with Gasteiger partial charge < -0.3 is 16.8 Å². The lowest BCUT2D eigenvalue weighted by molar-refractivity contribution is 0.873. The average Bonchev–Trinajstić information content (AvgIpc) is 2.43. The van der Waals surface area contributed by atoms with Gasteiger partial charge in [-0.15, -0.1) is 0 Å². The van der Waals surface area contributed by atoms with Crippen LogP contribution in [0.2, 0.25) is 0 Å². The maximum absolute atomic E-state index is 5.68. The highest BCUT2D eigenvalue weighted by atomic mass is 32.2. The smallest absolute Gasteiger partial charge is 0.197 e. The summed E-state index contributed by atoms with van der Waals surface area (Å²) in [6.07, 6.45) is 1.79. The average molecular weight is 305 g/mol. The van der Waals surface area contributed by atoms with Gasteiger partial charge in [-0.25, -0.2) is 19.9 Å². The van der Waals surface area contributed by atoms with Crippen molar-refractivity contribution in [1.29, 1.82) is 0 Å². The first-order valence-corrected chi connectivity index (χ1v) is 7.62. The molecule has 0 bridgehead atoms. The highest BCUT2D eigenvalue weighted by Crippen LogP contribution is 2.26. The summed E-state index contributed by atoms with van der Waals surface area (Å²) in [6, 6.07) is 3.40. The molecular formula is C13H19N7S. The van der Waals surface area contributed by atoms with E-state index in [4.69, 9.17) is 11.5 Å². The van der Waals surface area contributed by atoms with Gasteiger partial charge in [0.2, 0.25) is 0 Å². The number of nitrogens with zero attached hydrogens (tertiary/aromatic N) is 4. The molecule has 2 aromatic rings. The third kappa shape index (κ3) is 4.45. The summed E-state index contributed by atoms with van der Waals surface area (Å²) in [5, 5.41) is 4.51. The van der Waals surface area contributed by atoms with Crippen LogP contribution in [0, 0.1) is 0 Å². The first-order chi connectivity index (χ1) is 10.1. The number of aromatic nitrogens is 4. The topological polar surface area (TPSA) is 116 Å². The first-order valence-electron chi connectivity index (χ1n) is 6.80. The molecule has 0 amide bonds. The van der Waals surface area contributed by atoms with Crippen molar-refractivity contribution >= 4 is 29.2 Å². The van der Waals surface area contributed by atoms with E-state index in [1.165, 1.54) is 17.8 Å². The SMILES string of the molecule is CCCNc1cc(Sc2nc(N)cc(N)n2)nc(CC)n1. The molecule has 21 heavy (non-hydrogen) atoms. The standard InChI is InChI=1S/C13H19N7S/c1-3-5-16-11-7-12(20-10(4-2)19-11)21-13-17-8(14)6-9(15)18-13/h6-7H,3-5H2,1-2H3,(H,16,19,20)(H4,14,15,17,18). The maximum Gasteiger partial charge on any atom is 0.197 e. The number of aryl methyl sites for hydroxylation is 1. The number of nitrogens with two attached hydrogens (primary N) is 2. The molecule has 2 aromatic heterocycles. The van der Waals surface area contributed by atoms with Crippen molar-refractivity contribution in [3.8, 4) is 0 Å². The molecule has 0 atom stereocenters. The molecule has 8 heteroatoms. The Morgan fingerprint density at radius 2 is 1.76 bits per heavy atom. The highest BCUT2D eigenvalue weighted by Gasteiger charge is 2.08. The Balaban J connectivity index is 2.25. The van der Waals surface area contributed by atoms with Crippen molar-refractivity contribution in [3.05, 3.63) is 18.0 Å². The molecule has 5 N–H and O–H groups in total. The number of nitrogen functional groups attached to an aromatic ring is 2. The number of nitrogens with one attached hydrogen (secondary N) is 1. The van der Waals surface area contributed by atoms with E-state index in [1.807, 2.05) is 13.0 Å². The molecule has 0 aliphatic heterocycles. The summed E-state index contributed by atoms with van der Waals surface area (Å²) in [6.45, 7) is 4.99. The Kier molecular flexibility index (Phi) is 5.15. The number of hydrogen-bond acceptors (Lipinski definition) is 8. The molecule has 2 rings (SSSR count). The van der Waals surface area contributed by atoms with E-state index in [0.717, 1.165) is 36.1 Å². The molecule has 0 unspecified atom stereocenters. The van der Waals surface area contributed by atoms with Gasteiger partial charge in [0.1, 0.15) is 28.3 Å². The van der Waals surface area contributed by atoms with E-state index in [0.29, 0.717) is 16.8 Å². The van der Waals surface area contributed by atoms with Crippen molar-refractivity contribution in [2.75, 3.05) is 23.3 Å². The molecule has 2 heterocycles. The molecule has 0 saturated heterocycles. The Labute approximate surface area is 128 Å². The molecule has 112 valence electrons. The molecule has 7 nitrogen and oxygen atoms in total. The summed E-state index contributed by atoms with van der Waals surface area (Å²) in [4.78, 5) is 17.2. The second kappa shape index (κ2) is 7.07.